The molecule has 97 heavy (non-hydrogen) atoms. The second kappa shape index (κ2) is 20.9. The molecule has 0 aliphatic heterocycles. The number of nitrogens with zero attached hydrogens (tertiary/aromatic N) is 6. The van der Waals surface area contributed by atoms with Crippen LogP contribution in [0.25, 0.3) is 160 Å². The van der Waals surface area contributed by atoms with Gasteiger partial charge in [-0.25, -0.2) is 0 Å². The Morgan fingerprint density at radius 2 is 0.485 bits per heavy atom. The third-order valence-corrected chi connectivity index (χ3v) is 19.2. The number of halogens is 9. The molecule has 18 rings (SSSR count). The van der Waals surface area contributed by atoms with Crippen molar-refractivity contribution in [2.45, 2.75) is 18.5 Å². The van der Waals surface area contributed by atoms with Crippen molar-refractivity contribution in [1.82, 2.24) is 22.8 Å². The number of rotatable bonds is 7. The number of benzene rings is 13. The minimum Gasteiger partial charge on any atom is -0.309 e. The molecule has 0 radical (unpaired) electrons. The summed E-state index contributed by atoms with van der Waals surface area (Å²) < 4.78 is 147. The normalized spacial score (nSPS) is 12.6. The van der Waals surface area contributed by atoms with E-state index < -0.39 is 35.2 Å². The molecule has 0 spiro atoms. The van der Waals surface area contributed by atoms with Crippen LogP contribution in [0.2, 0.25) is 0 Å². The maximum atomic E-state index is 15.3. The molecule has 18 aromatic rings. The van der Waals surface area contributed by atoms with E-state index in [0.717, 1.165) is 91.4 Å². The highest BCUT2D eigenvalue weighted by Gasteiger charge is 2.38. The summed E-state index contributed by atoms with van der Waals surface area (Å²) in [7, 11) is 0. The standard InChI is InChI=1S/C82H45F9N6/c83-80(84,85)49-33-38-72-61(43-49)56-23-9-14-28-67(56)95(72)77-64(46-92)78(96-68-29-15-10-24-57(68)62-44-50(81(86,87)88)34-39-73(62)96)76(48-32-37-71-60(42-48)55-22-8-13-27-66(55)94(71)53-19-5-2-6-20-53)79(97-69-30-16-11-25-58(69)63-45-51(82(89,90)91)35-40-74(63)97)75(77)47-31-36-70-59(41-47)54-21-7-12-26-65(54)93(70)52-17-3-1-4-18-52/h1-45H. The molecule has 0 saturated heterocycles. The Bertz CT molecular complexity index is 6090. The highest BCUT2D eigenvalue weighted by atomic mass is 19.4. The molecule has 466 valence electrons. The van der Waals surface area contributed by atoms with Gasteiger partial charge in [-0.05, 0) is 145 Å². The Labute approximate surface area is 544 Å². The summed E-state index contributed by atoms with van der Waals surface area (Å²) in [5.74, 6) is 0. The Balaban J connectivity index is 1.14. The third kappa shape index (κ3) is 8.55. The number of para-hydroxylation sites is 7. The summed E-state index contributed by atoms with van der Waals surface area (Å²) in [6.07, 6.45) is -14.3. The molecule has 0 aliphatic carbocycles. The first-order chi connectivity index (χ1) is 47.0. The second-order valence-corrected chi connectivity index (χ2v) is 24.4. The molecule has 0 unspecified atom stereocenters. The molecule has 0 amide bonds. The number of nitriles is 1. The number of hydrogen-bond donors (Lipinski definition) is 0. The highest BCUT2D eigenvalue weighted by Crippen LogP contribution is 2.54. The molecule has 13 aromatic carbocycles. The van der Waals surface area contributed by atoms with E-state index >= 15 is 39.5 Å². The van der Waals surface area contributed by atoms with E-state index in [0.29, 0.717) is 66.2 Å². The van der Waals surface area contributed by atoms with Crippen molar-refractivity contribution in [3.8, 4) is 56.8 Å². The average molecular weight is 1290 g/mol. The van der Waals surface area contributed by atoms with E-state index in [1.54, 1.807) is 75.9 Å². The fourth-order valence-electron chi connectivity index (χ4n) is 15.2. The third-order valence-electron chi connectivity index (χ3n) is 19.2. The van der Waals surface area contributed by atoms with Gasteiger partial charge in [0.15, 0.2) is 0 Å². The molecular weight excluding hydrogens is 1240 g/mol. The van der Waals surface area contributed by atoms with Crippen LogP contribution in [0.4, 0.5) is 39.5 Å². The highest BCUT2D eigenvalue weighted by molar-refractivity contribution is 6.19. The van der Waals surface area contributed by atoms with Crippen molar-refractivity contribution in [2.24, 2.45) is 0 Å². The van der Waals surface area contributed by atoms with Crippen LogP contribution in [-0.4, -0.2) is 22.8 Å². The largest absolute Gasteiger partial charge is 0.416 e. The summed E-state index contributed by atoms with van der Waals surface area (Å²) in [6, 6.07) is 81.8. The molecule has 0 bridgehead atoms. The van der Waals surface area contributed by atoms with Crippen LogP contribution in [0.3, 0.4) is 0 Å². The van der Waals surface area contributed by atoms with Crippen LogP contribution >= 0.6 is 0 Å². The van der Waals surface area contributed by atoms with Gasteiger partial charge in [-0.15, -0.1) is 0 Å². The first-order valence-electron chi connectivity index (χ1n) is 31.2. The van der Waals surface area contributed by atoms with Crippen molar-refractivity contribution in [1.29, 1.82) is 5.26 Å². The van der Waals surface area contributed by atoms with Gasteiger partial charge >= 0.3 is 18.5 Å². The first kappa shape index (κ1) is 57.4. The lowest BCUT2D eigenvalue weighted by Gasteiger charge is -2.29. The van der Waals surface area contributed by atoms with Gasteiger partial charge in [0.05, 0.1) is 88.9 Å². The molecule has 6 nitrogen and oxygen atoms in total. The van der Waals surface area contributed by atoms with Crippen molar-refractivity contribution in [3.05, 3.63) is 295 Å². The number of alkyl halides is 9. The fraction of sp³-hybridized carbons (Fsp3) is 0.0366. The summed E-state index contributed by atoms with van der Waals surface area (Å²) in [5.41, 5.74) is 6.65. The maximum absolute atomic E-state index is 15.3. The topological polar surface area (TPSA) is 48.4 Å². The molecular formula is C82H45F9N6. The fourth-order valence-corrected chi connectivity index (χ4v) is 15.2. The van der Waals surface area contributed by atoms with Gasteiger partial charge in [-0.1, -0.05) is 140 Å². The molecule has 5 aromatic heterocycles. The van der Waals surface area contributed by atoms with Crippen LogP contribution in [0, 0.1) is 11.3 Å². The maximum Gasteiger partial charge on any atom is 0.416 e. The lowest BCUT2D eigenvalue weighted by Crippen LogP contribution is -2.14. The van der Waals surface area contributed by atoms with Crippen LogP contribution in [0.15, 0.2) is 273 Å². The Morgan fingerprint density at radius 1 is 0.237 bits per heavy atom. The number of hydrogen-bond acceptors (Lipinski definition) is 1. The lowest BCUT2D eigenvalue weighted by atomic mass is 9.87. The SMILES string of the molecule is N#Cc1c(-n2c3ccccc3c3cc(C(F)(F)F)ccc32)c(-c2ccc3c(c2)c2ccccc2n3-c2ccccc2)c(-n2c3ccccc3c3cc(C(F)(F)F)ccc32)c(-c2ccc3c(c2)c2ccccc2n3-c2ccccc2)c1-n1c2ccccc2c2cc(C(F)(F)F)ccc21. The van der Waals surface area contributed by atoms with Gasteiger partial charge in [0.2, 0.25) is 0 Å². The summed E-state index contributed by atoms with van der Waals surface area (Å²) in [5, 5.41) is 18.1. The Morgan fingerprint density at radius 3 is 0.794 bits per heavy atom. The molecule has 0 fully saturated rings. The zero-order valence-electron chi connectivity index (χ0n) is 50.6. The van der Waals surface area contributed by atoms with Gasteiger partial charge in [-0.3, -0.25) is 0 Å². The zero-order valence-corrected chi connectivity index (χ0v) is 50.6. The first-order valence-corrected chi connectivity index (χ1v) is 31.2. The van der Waals surface area contributed by atoms with E-state index in [1.165, 1.54) is 18.2 Å². The monoisotopic (exact) mass is 1280 g/mol. The van der Waals surface area contributed by atoms with Gasteiger partial charge in [-0.2, -0.15) is 44.8 Å². The van der Waals surface area contributed by atoms with Crippen LogP contribution in [0.1, 0.15) is 22.3 Å². The van der Waals surface area contributed by atoms with Crippen LogP contribution in [-0.2, 0) is 18.5 Å². The molecule has 5 heterocycles. The molecule has 0 saturated carbocycles. The van der Waals surface area contributed by atoms with E-state index in [4.69, 9.17) is 0 Å². The zero-order chi connectivity index (χ0) is 66.0. The molecule has 0 atom stereocenters. The van der Waals surface area contributed by atoms with Crippen molar-refractivity contribution >= 4 is 109 Å². The van der Waals surface area contributed by atoms with Crippen molar-refractivity contribution in [3.63, 3.8) is 0 Å². The quantitative estimate of drug-likeness (QED) is 0.147. The van der Waals surface area contributed by atoms with Gasteiger partial charge in [0.1, 0.15) is 11.6 Å². The van der Waals surface area contributed by atoms with Crippen LogP contribution in [0.5, 0.6) is 0 Å². The predicted molar refractivity (Wildman–Crippen MR) is 369 cm³/mol. The Kier molecular flexibility index (Phi) is 12.3. The van der Waals surface area contributed by atoms with Gasteiger partial charge in [0, 0.05) is 76.4 Å². The number of fused-ring (bicyclic) bond motifs is 15. The predicted octanol–water partition coefficient (Wildman–Crippen LogP) is 23.4. The second-order valence-electron chi connectivity index (χ2n) is 24.4. The minimum absolute atomic E-state index is 0.0439. The smallest absolute Gasteiger partial charge is 0.309 e. The molecule has 15 heteroatoms. The van der Waals surface area contributed by atoms with Gasteiger partial charge < -0.3 is 22.8 Å². The minimum atomic E-state index is -4.78. The summed E-state index contributed by atoms with van der Waals surface area (Å²) in [4.78, 5) is 0. The van der Waals surface area contributed by atoms with Crippen LogP contribution < -0.4 is 0 Å². The molecule has 0 N–H and O–H groups in total. The van der Waals surface area contributed by atoms with Crippen molar-refractivity contribution < 1.29 is 39.5 Å². The van der Waals surface area contributed by atoms with Gasteiger partial charge in [0.25, 0.3) is 0 Å². The summed E-state index contributed by atoms with van der Waals surface area (Å²) >= 11 is 0. The average Bonchev–Trinajstić information content (AvgIpc) is 1.63. The Hall–Kier alpha value is -12.3. The molecule has 0 aliphatic rings. The lowest BCUT2D eigenvalue weighted by molar-refractivity contribution is -0.138. The van der Waals surface area contributed by atoms with E-state index in [1.807, 2.05) is 156 Å². The number of aromatic nitrogens is 5. The van der Waals surface area contributed by atoms with Crippen molar-refractivity contribution in [2.75, 3.05) is 0 Å². The summed E-state index contributed by atoms with van der Waals surface area (Å²) in [6.45, 7) is 0. The van der Waals surface area contributed by atoms with E-state index in [9.17, 15) is 5.26 Å². The van der Waals surface area contributed by atoms with E-state index in [-0.39, 0.29) is 44.1 Å². The van der Waals surface area contributed by atoms with E-state index in [2.05, 4.69) is 15.2 Å².